The third-order valence-electron chi connectivity index (χ3n) is 2.99. The van der Waals surface area contributed by atoms with Crippen LogP contribution in [0.1, 0.15) is 17.2 Å². The molecule has 2 aromatic rings. The summed E-state index contributed by atoms with van der Waals surface area (Å²) >= 11 is 1.56. The molecule has 0 bridgehead atoms. The first kappa shape index (κ1) is 15.1. The van der Waals surface area contributed by atoms with Crippen molar-refractivity contribution in [2.45, 2.75) is 12.6 Å². The zero-order valence-electron chi connectivity index (χ0n) is 11.5. The Labute approximate surface area is 126 Å². The lowest BCUT2D eigenvalue weighted by Crippen LogP contribution is -2.41. The molecule has 1 aromatic heterocycles. The quantitative estimate of drug-likeness (QED) is 0.892. The first-order valence-corrected chi connectivity index (χ1v) is 7.32. The van der Waals surface area contributed by atoms with E-state index in [0.717, 1.165) is 5.56 Å². The normalized spacial score (nSPS) is 11.7. The summed E-state index contributed by atoms with van der Waals surface area (Å²) in [5.74, 6) is -1.08. The van der Waals surface area contributed by atoms with Gasteiger partial charge in [-0.15, -0.1) is 0 Å². The minimum Gasteiger partial charge on any atom is -0.479 e. The molecule has 1 heterocycles. The molecule has 0 unspecified atom stereocenters. The Morgan fingerprint density at radius 1 is 1.29 bits per heavy atom. The smallest absolute Gasteiger partial charge is 0.330 e. The van der Waals surface area contributed by atoms with Crippen LogP contribution in [-0.2, 0) is 11.3 Å². The van der Waals surface area contributed by atoms with E-state index in [1.165, 1.54) is 4.90 Å². The number of carboxylic acid groups (broad SMARTS) is 1. The van der Waals surface area contributed by atoms with Gasteiger partial charge in [-0.25, -0.2) is 9.59 Å². The van der Waals surface area contributed by atoms with Crippen molar-refractivity contribution in [1.82, 2.24) is 10.2 Å². The first-order valence-electron chi connectivity index (χ1n) is 6.38. The number of rotatable bonds is 5. The maximum absolute atomic E-state index is 12.1. The molecule has 2 N–H and O–H groups in total. The minimum absolute atomic E-state index is 0.419. The van der Waals surface area contributed by atoms with Gasteiger partial charge in [0, 0.05) is 13.6 Å². The molecule has 0 aliphatic carbocycles. The SMILES string of the molecule is CN(Cc1ccsc1)C(=O)N[C@H](C(=O)O)c1ccccc1. The van der Waals surface area contributed by atoms with Crippen molar-refractivity contribution in [3.8, 4) is 0 Å². The lowest BCUT2D eigenvalue weighted by molar-refractivity contribution is -0.139. The fraction of sp³-hybridized carbons (Fsp3) is 0.200. The van der Waals surface area contributed by atoms with Crippen molar-refractivity contribution in [3.63, 3.8) is 0 Å². The maximum Gasteiger partial charge on any atom is 0.330 e. The van der Waals surface area contributed by atoms with Crippen LogP contribution in [0.15, 0.2) is 47.2 Å². The molecule has 0 aliphatic rings. The number of amides is 2. The lowest BCUT2D eigenvalue weighted by atomic mass is 10.1. The highest BCUT2D eigenvalue weighted by Crippen LogP contribution is 2.14. The second-order valence-electron chi connectivity index (χ2n) is 4.62. The third kappa shape index (κ3) is 4.06. The van der Waals surface area contributed by atoms with Gasteiger partial charge >= 0.3 is 12.0 Å². The van der Waals surface area contributed by atoms with Crippen molar-refractivity contribution in [2.24, 2.45) is 0 Å². The Hall–Kier alpha value is -2.34. The summed E-state index contributed by atoms with van der Waals surface area (Å²) in [6.45, 7) is 0.441. The van der Waals surface area contributed by atoms with Crippen molar-refractivity contribution in [1.29, 1.82) is 0 Å². The highest BCUT2D eigenvalue weighted by atomic mass is 32.1. The van der Waals surface area contributed by atoms with E-state index in [9.17, 15) is 14.7 Å². The van der Waals surface area contributed by atoms with Gasteiger partial charge in [-0.1, -0.05) is 30.3 Å². The molecule has 5 nitrogen and oxygen atoms in total. The molecule has 0 fully saturated rings. The minimum atomic E-state index is -1.08. The number of aliphatic carboxylic acids is 1. The number of carbonyl (C=O) groups excluding carboxylic acids is 1. The topological polar surface area (TPSA) is 69.6 Å². The van der Waals surface area contributed by atoms with Crippen molar-refractivity contribution in [3.05, 3.63) is 58.3 Å². The Kier molecular flexibility index (Phi) is 4.94. The summed E-state index contributed by atoms with van der Waals surface area (Å²) in [6, 6.07) is 9.10. The van der Waals surface area contributed by atoms with E-state index in [1.807, 2.05) is 16.8 Å². The molecule has 0 saturated heterocycles. The second-order valence-corrected chi connectivity index (χ2v) is 5.40. The standard InChI is InChI=1S/C15H16N2O3S/c1-17(9-11-7-8-21-10-11)15(20)16-13(14(18)19)12-5-3-2-4-6-12/h2-8,10,13H,9H2,1H3,(H,16,20)(H,18,19)/t13-/m0/s1. The number of nitrogens with zero attached hydrogens (tertiary/aromatic N) is 1. The highest BCUT2D eigenvalue weighted by molar-refractivity contribution is 7.07. The summed E-state index contributed by atoms with van der Waals surface area (Å²) in [4.78, 5) is 24.9. The molecule has 21 heavy (non-hydrogen) atoms. The molecule has 2 rings (SSSR count). The van der Waals surface area contributed by atoms with Crippen LogP contribution in [0.2, 0.25) is 0 Å². The molecule has 1 aromatic carbocycles. The van der Waals surface area contributed by atoms with E-state index in [1.54, 1.807) is 48.7 Å². The van der Waals surface area contributed by atoms with Gasteiger partial charge in [-0.3, -0.25) is 0 Å². The summed E-state index contributed by atoms with van der Waals surface area (Å²) in [6.07, 6.45) is 0. The van der Waals surface area contributed by atoms with Crippen LogP contribution in [-0.4, -0.2) is 29.1 Å². The Balaban J connectivity index is 2.03. The van der Waals surface area contributed by atoms with E-state index in [4.69, 9.17) is 0 Å². The van der Waals surface area contributed by atoms with Crippen molar-refractivity contribution < 1.29 is 14.7 Å². The van der Waals surface area contributed by atoms with Gasteiger partial charge < -0.3 is 15.3 Å². The lowest BCUT2D eigenvalue weighted by Gasteiger charge is -2.21. The summed E-state index contributed by atoms with van der Waals surface area (Å²) < 4.78 is 0. The Bertz CT molecular complexity index is 599. The second kappa shape index (κ2) is 6.90. The number of carbonyl (C=O) groups is 2. The largest absolute Gasteiger partial charge is 0.479 e. The van der Waals surface area contributed by atoms with Gasteiger partial charge in [-0.2, -0.15) is 11.3 Å². The predicted octanol–water partition coefficient (Wildman–Crippen LogP) is 2.72. The average molecular weight is 304 g/mol. The van der Waals surface area contributed by atoms with Gasteiger partial charge in [0.05, 0.1) is 0 Å². The molecular weight excluding hydrogens is 288 g/mol. The average Bonchev–Trinajstić information content (AvgIpc) is 2.98. The number of hydrogen-bond donors (Lipinski definition) is 2. The molecular formula is C15H16N2O3S. The number of thiophene rings is 1. The molecule has 2 amide bonds. The first-order chi connectivity index (χ1) is 10.1. The molecule has 1 atom stereocenters. The number of benzene rings is 1. The van der Waals surface area contributed by atoms with E-state index in [0.29, 0.717) is 12.1 Å². The zero-order chi connectivity index (χ0) is 15.2. The van der Waals surface area contributed by atoms with E-state index in [2.05, 4.69) is 5.32 Å². The van der Waals surface area contributed by atoms with Gasteiger partial charge in [0.25, 0.3) is 0 Å². The summed E-state index contributed by atoms with van der Waals surface area (Å²) in [7, 11) is 1.64. The van der Waals surface area contributed by atoms with E-state index >= 15 is 0 Å². The van der Waals surface area contributed by atoms with Crippen LogP contribution < -0.4 is 5.32 Å². The monoisotopic (exact) mass is 304 g/mol. The highest BCUT2D eigenvalue weighted by Gasteiger charge is 2.23. The van der Waals surface area contributed by atoms with Gasteiger partial charge in [0.1, 0.15) is 0 Å². The molecule has 0 radical (unpaired) electrons. The number of urea groups is 1. The van der Waals surface area contributed by atoms with Gasteiger partial charge in [-0.05, 0) is 28.0 Å². The van der Waals surface area contributed by atoms with Crippen LogP contribution in [0.4, 0.5) is 4.79 Å². The predicted molar refractivity (Wildman–Crippen MR) is 81.1 cm³/mol. The number of carboxylic acids is 1. The van der Waals surface area contributed by atoms with Crippen LogP contribution in [0.5, 0.6) is 0 Å². The van der Waals surface area contributed by atoms with Crippen LogP contribution in [0.25, 0.3) is 0 Å². The molecule has 6 heteroatoms. The maximum atomic E-state index is 12.1. The number of nitrogens with one attached hydrogen (secondary N) is 1. The van der Waals surface area contributed by atoms with Crippen LogP contribution in [0, 0.1) is 0 Å². The van der Waals surface area contributed by atoms with Gasteiger partial charge in [0.2, 0.25) is 0 Å². The van der Waals surface area contributed by atoms with Crippen LogP contribution in [0.3, 0.4) is 0 Å². The molecule has 0 aliphatic heterocycles. The molecule has 0 saturated carbocycles. The molecule has 110 valence electrons. The fourth-order valence-electron chi connectivity index (χ4n) is 1.90. The van der Waals surface area contributed by atoms with Crippen LogP contribution >= 0.6 is 11.3 Å². The zero-order valence-corrected chi connectivity index (χ0v) is 12.3. The number of hydrogen-bond acceptors (Lipinski definition) is 3. The van der Waals surface area contributed by atoms with E-state index in [-0.39, 0.29) is 0 Å². The summed E-state index contributed by atoms with van der Waals surface area (Å²) in [5, 5.41) is 15.7. The molecule has 0 spiro atoms. The van der Waals surface area contributed by atoms with Crippen molar-refractivity contribution >= 4 is 23.3 Å². The Morgan fingerprint density at radius 2 is 2.00 bits per heavy atom. The fourth-order valence-corrected chi connectivity index (χ4v) is 2.55. The van der Waals surface area contributed by atoms with E-state index < -0.39 is 18.0 Å². The Morgan fingerprint density at radius 3 is 2.57 bits per heavy atom. The third-order valence-corrected chi connectivity index (χ3v) is 3.73. The summed E-state index contributed by atoms with van der Waals surface area (Å²) in [5.41, 5.74) is 1.56. The van der Waals surface area contributed by atoms with Crippen molar-refractivity contribution in [2.75, 3.05) is 7.05 Å². The van der Waals surface area contributed by atoms with Gasteiger partial charge in [0.15, 0.2) is 6.04 Å².